The van der Waals surface area contributed by atoms with Gasteiger partial charge in [0.1, 0.15) is 11.4 Å². The number of benzene rings is 2. The molecule has 0 unspecified atom stereocenters. The predicted molar refractivity (Wildman–Crippen MR) is 79.5 cm³/mol. The molecule has 0 bridgehead atoms. The molecule has 7 nitrogen and oxygen atoms in total. The van der Waals surface area contributed by atoms with Crippen LogP contribution in [0.25, 0.3) is 22.4 Å². The van der Waals surface area contributed by atoms with Crippen molar-refractivity contribution in [2.24, 2.45) is 0 Å². The second-order valence-corrected chi connectivity index (χ2v) is 4.55. The zero-order valence-electron chi connectivity index (χ0n) is 11.6. The number of nitrogens with zero attached hydrogens (tertiary/aromatic N) is 2. The van der Waals surface area contributed by atoms with Crippen molar-refractivity contribution in [3.05, 3.63) is 58.1 Å². The molecule has 0 spiro atoms. The third-order valence-corrected chi connectivity index (χ3v) is 3.27. The minimum Gasteiger partial charge on any atom is -0.465 e. The summed E-state index contributed by atoms with van der Waals surface area (Å²) < 4.78 is 4.68. The fraction of sp³-hybridized carbons (Fsp3) is 0.0667. The van der Waals surface area contributed by atoms with Gasteiger partial charge < -0.3 is 9.72 Å². The highest BCUT2D eigenvalue weighted by molar-refractivity contribution is 6.01. The summed E-state index contributed by atoms with van der Waals surface area (Å²) in [6.45, 7) is 0. The van der Waals surface area contributed by atoms with Crippen LogP contribution in [-0.4, -0.2) is 28.0 Å². The zero-order valence-corrected chi connectivity index (χ0v) is 11.6. The van der Waals surface area contributed by atoms with Crippen LogP contribution >= 0.6 is 0 Å². The molecule has 0 atom stereocenters. The number of H-pyrrole nitrogens is 1. The van der Waals surface area contributed by atoms with E-state index in [0.29, 0.717) is 16.9 Å². The number of nitro benzene ring substituents is 1. The Balaban J connectivity index is 2.27. The van der Waals surface area contributed by atoms with Crippen LogP contribution in [0.5, 0.6) is 0 Å². The van der Waals surface area contributed by atoms with E-state index in [-0.39, 0.29) is 11.3 Å². The third kappa shape index (κ3) is 2.18. The van der Waals surface area contributed by atoms with Crippen LogP contribution in [0, 0.1) is 10.1 Å². The number of nitrogens with one attached hydrogen (secondary N) is 1. The van der Waals surface area contributed by atoms with Gasteiger partial charge in [0.2, 0.25) is 0 Å². The van der Waals surface area contributed by atoms with E-state index in [2.05, 4.69) is 14.7 Å². The van der Waals surface area contributed by atoms with Crippen molar-refractivity contribution in [3.63, 3.8) is 0 Å². The number of methoxy groups -OCH3 is 1. The van der Waals surface area contributed by atoms with E-state index >= 15 is 0 Å². The maximum Gasteiger partial charge on any atom is 0.345 e. The first-order chi connectivity index (χ1) is 10.6. The van der Waals surface area contributed by atoms with Gasteiger partial charge in [0.05, 0.1) is 23.1 Å². The smallest absolute Gasteiger partial charge is 0.345 e. The number of carbonyl (C=O) groups is 1. The van der Waals surface area contributed by atoms with Gasteiger partial charge in [0, 0.05) is 11.6 Å². The molecular formula is C15H11N3O4. The Kier molecular flexibility index (Phi) is 3.30. The molecule has 0 saturated carbocycles. The molecule has 0 fully saturated rings. The van der Waals surface area contributed by atoms with Crippen LogP contribution < -0.4 is 0 Å². The lowest BCUT2D eigenvalue weighted by atomic mass is 10.0. The van der Waals surface area contributed by atoms with Crippen molar-refractivity contribution in [1.29, 1.82) is 0 Å². The van der Waals surface area contributed by atoms with Gasteiger partial charge in [-0.1, -0.05) is 18.2 Å². The molecule has 3 rings (SSSR count). The average Bonchev–Trinajstić information content (AvgIpc) is 2.97. The summed E-state index contributed by atoms with van der Waals surface area (Å²) in [7, 11) is 1.18. The SMILES string of the molecule is COC(=O)c1c(-c2nc3ccccc3[nH]2)cccc1[N+](=O)[O-]. The van der Waals surface area contributed by atoms with E-state index in [1.807, 2.05) is 24.3 Å². The van der Waals surface area contributed by atoms with E-state index in [9.17, 15) is 14.9 Å². The molecule has 0 aliphatic carbocycles. The largest absolute Gasteiger partial charge is 0.465 e. The Bertz CT molecular complexity index is 852. The highest BCUT2D eigenvalue weighted by Crippen LogP contribution is 2.30. The molecule has 0 amide bonds. The summed E-state index contributed by atoms with van der Waals surface area (Å²) in [4.78, 5) is 30.0. The van der Waals surface area contributed by atoms with Crippen LogP contribution in [0.1, 0.15) is 10.4 Å². The number of para-hydroxylation sites is 2. The van der Waals surface area contributed by atoms with E-state index in [1.165, 1.54) is 19.2 Å². The number of esters is 1. The van der Waals surface area contributed by atoms with Crippen molar-refractivity contribution in [2.75, 3.05) is 7.11 Å². The van der Waals surface area contributed by atoms with Crippen LogP contribution in [0.4, 0.5) is 5.69 Å². The molecule has 0 radical (unpaired) electrons. The predicted octanol–water partition coefficient (Wildman–Crippen LogP) is 2.92. The molecule has 1 heterocycles. The highest BCUT2D eigenvalue weighted by Gasteiger charge is 2.26. The number of hydrogen-bond donors (Lipinski definition) is 1. The Morgan fingerprint density at radius 2 is 2.00 bits per heavy atom. The summed E-state index contributed by atoms with van der Waals surface area (Å²) in [6.07, 6.45) is 0. The van der Waals surface area contributed by atoms with Crippen LogP contribution in [0.3, 0.4) is 0 Å². The summed E-state index contributed by atoms with van der Waals surface area (Å²) in [5.74, 6) is -0.395. The molecule has 22 heavy (non-hydrogen) atoms. The quantitative estimate of drug-likeness (QED) is 0.455. The van der Waals surface area contributed by atoms with Gasteiger partial charge in [-0.15, -0.1) is 0 Å². The number of rotatable bonds is 3. The summed E-state index contributed by atoms with van der Waals surface area (Å²) in [5.41, 5.74) is 1.38. The second-order valence-electron chi connectivity index (χ2n) is 4.55. The average molecular weight is 297 g/mol. The van der Waals surface area contributed by atoms with Crippen molar-refractivity contribution in [2.45, 2.75) is 0 Å². The third-order valence-electron chi connectivity index (χ3n) is 3.27. The van der Waals surface area contributed by atoms with Gasteiger partial charge in [0.15, 0.2) is 0 Å². The molecule has 110 valence electrons. The van der Waals surface area contributed by atoms with Gasteiger partial charge in [-0.05, 0) is 18.2 Å². The number of fused-ring (bicyclic) bond motifs is 1. The number of hydrogen-bond acceptors (Lipinski definition) is 5. The minimum atomic E-state index is -0.775. The van der Waals surface area contributed by atoms with Gasteiger partial charge in [-0.3, -0.25) is 10.1 Å². The maximum atomic E-state index is 12.0. The van der Waals surface area contributed by atoms with E-state index in [4.69, 9.17) is 0 Å². The normalized spacial score (nSPS) is 10.6. The molecule has 2 aromatic carbocycles. The summed E-state index contributed by atoms with van der Waals surface area (Å²) in [6, 6.07) is 11.7. The number of aromatic nitrogens is 2. The van der Waals surface area contributed by atoms with Crippen LogP contribution in [0.15, 0.2) is 42.5 Å². The van der Waals surface area contributed by atoms with Crippen molar-refractivity contribution >= 4 is 22.7 Å². The number of imidazole rings is 1. The Morgan fingerprint density at radius 1 is 1.23 bits per heavy atom. The topological polar surface area (TPSA) is 98.1 Å². The maximum absolute atomic E-state index is 12.0. The van der Waals surface area contributed by atoms with Gasteiger partial charge in [-0.2, -0.15) is 0 Å². The number of nitro groups is 1. The lowest BCUT2D eigenvalue weighted by molar-refractivity contribution is -0.385. The Hall–Kier alpha value is -3.22. The summed E-state index contributed by atoms with van der Waals surface area (Å²) in [5, 5.41) is 11.2. The monoisotopic (exact) mass is 297 g/mol. The van der Waals surface area contributed by atoms with Crippen LogP contribution in [0.2, 0.25) is 0 Å². The van der Waals surface area contributed by atoms with Gasteiger partial charge >= 0.3 is 5.97 Å². The molecule has 3 aromatic rings. The van der Waals surface area contributed by atoms with Gasteiger partial charge in [0.25, 0.3) is 5.69 Å². The lowest BCUT2D eigenvalue weighted by Crippen LogP contribution is -2.08. The van der Waals surface area contributed by atoms with E-state index in [1.54, 1.807) is 6.07 Å². The van der Waals surface area contributed by atoms with Crippen molar-refractivity contribution in [1.82, 2.24) is 9.97 Å². The fourth-order valence-corrected chi connectivity index (χ4v) is 2.29. The fourth-order valence-electron chi connectivity index (χ4n) is 2.29. The van der Waals surface area contributed by atoms with Crippen molar-refractivity contribution < 1.29 is 14.5 Å². The highest BCUT2D eigenvalue weighted by atomic mass is 16.6. The Morgan fingerprint density at radius 3 is 2.68 bits per heavy atom. The lowest BCUT2D eigenvalue weighted by Gasteiger charge is -2.06. The molecule has 1 aromatic heterocycles. The molecule has 0 aliphatic rings. The molecular weight excluding hydrogens is 286 g/mol. The Labute approximate surface area is 124 Å². The zero-order chi connectivity index (χ0) is 15.7. The number of carbonyl (C=O) groups excluding carboxylic acids is 1. The van der Waals surface area contributed by atoms with Crippen LogP contribution in [-0.2, 0) is 4.74 Å². The van der Waals surface area contributed by atoms with E-state index in [0.717, 1.165) is 5.52 Å². The molecule has 1 N–H and O–H groups in total. The first kappa shape index (κ1) is 13.7. The minimum absolute atomic E-state index is 0.117. The van der Waals surface area contributed by atoms with E-state index < -0.39 is 10.9 Å². The first-order valence-electron chi connectivity index (χ1n) is 6.42. The molecule has 0 aliphatic heterocycles. The molecule has 0 saturated heterocycles. The first-order valence-corrected chi connectivity index (χ1v) is 6.42. The number of ether oxygens (including phenoxy) is 1. The van der Waals surface area contributed by atoms with Gasteiger partial charge in [-0.25, -0.2) is 9.78 Å². The summed E-state index contributed by atoms with van der Waals surface area (Å²) >= 11 is 0. The second kappa shape index (κ2) is 5.28. The van der Waals surface area contributed by atoms with Crippen molar-refractivity contribution in [3.8, 4) is 11.4 Å². The number of aromatic amines is 1. The standard InChI is InChI=1S/C15H11N3O4/c1-22-15(19)13-9(5-4-8-12(13)18(20)21)14-16-10-6-2-3-7-11(10)17-14/h2-8H,1H3,(H,16,17). The molecule has 7 heteroatoms.